The zero-order valence-corrected chi connectivity index (χ0v) is 11.2. The summed E-state index contributed by atoms with van der Waals surface area (Å²) in [5, 5.41) is 8.85. The largest absolute Gasteiger partial charge is 0.366 e. The number of aliphatic imine (C=N–C) groups is 1. The maximum Gasteiger partial charge on any atom is 0.143 e. The molecule has 0 bridgehead atoms. The van der Waals surface area contributed by atoms with Gasteiger partial charge in [0.15, 0.2) is 0 Å². The first-order valence-corrected chi connectivity index (χ1v) is 5.55. The molecule has 1 unspecified atom stereocenters. The van der Waals surface area contributed by atoms with Crippen molar-refractivity contribution >= 4 is 6.34 Å². The average molecular weight is 238 g/mol. The highest BCUT2D eigenvalue weighted by atomic mass is 15.3. The van der Waals surface area contributed by atoms with Crippen LogP contribution in [0.15, 0.2) is 16.9 Å². The van der Waals surface area contributed by atoms with Gasteiger partial charge in [-0.15, -0.1) is 0 Å². The highest BCUT2D eigenvalue weighted by Gasteiger charge is 2.04. The monoisotopic (exact) mass is 238 g/mol. The predicted molar refractivity (Wildman–Crippen MR) is 69.9 cm³/mol. The summed E-state index contributed by atoms with van der Waals surface area (Å²) in [5.41, 5.74) is 5.89. The molecule has 0 heterocycles. The number of nitrogens with zero attached hydrogens (tertiary/aromatic N) is 4. The summed E-state index contributed by atoms with van der Waals surface area (Å²) in [4.78, 5) is 8.22. The number of nitrogens with one attached hydrogen (secondary N) is 2. The fraction of sp³-hybridized carbons (Fsp3) is 0.636. The van der Waals surface area contributed by atoms with E-state index in [9.17, 15) is 0 Å². The van der Waals surface area contributed by atoms with Crippen LogP contribution in [0.1, 0.15) is 13.8 Å². The molecule has 0 rings (SSSR count). The SMILES string of the molecule is CCN(C)C=NC(C)N(C)/C=C(/C#N)NNC. The third kappa shape index (κ3) is 6.43. The summed E-state index contributed by atoms with van der Waals surface area (Å²) in [6.07, 6.45) is 3.49. The number of rotatable bonds is 7. The molecular formula is C11H22N6. The van der Waals surface area contributed by atoms with Crippen LogP contribution in [0.5, 0.6) is 0 Å². The van der Waals surface area contributed by atoms with Gasteiger partial charge in [-0.05, 0) is 13.8 Å². The van der Waals surface area contributed by atoms with Gasteiger partial charge in [-0.1, -0.05) is 0 Å². The number of nitriles is 1. The van der Waals surface area contributed by atoms with Crippen LogP contribution in [0.4, 0.5) is 0 Å². The van der Waals surface area contributed by atoms with Crippen LogP contribution in [-0.2, 0) is 0 Å². The third-order valence-corrected chi connectivity index (χ3v) is 2.28. The number of hydrogen-bond acceptors (Lipinski definition) is 5. The third-order valence-electron chi connectivity index (χ3n) is 2.28. The summed E-state index contributed by atoms with van der Waals surface area (Å²) < 4.78 is 0. The topological polar surface area (TPSA) is 66.7 Å². The Labute approximate surface area is 104 Å². The first-order chi connectivity index (χ1) is 8.04. The van der Waals surface area contributed by atoms with Crippen molar-refractivity contribution in [2.45, 2.75) is 20.0 Å². The van der Waals surface area contributed by atoms with Crippen molar-refractivity contribution < 1.29 is 0 Å². The minimum absolute atomic E-state index is 0.0222. The normalized spacial score (nSPS) is 13.3. The van der Waals surface area contributed by atoms with E-state index in [0.717, 1.165) is 6.54 Å². The van der Waals surface area contributed by atoms with Gasteiger partial charge < -0.3 is 15.2 Å². The maximum absolute atomic E-state index is 8.85. The Morgan fingerprint density at radius 1 is 1.53 bits per heavy atom. The summed E-state index contributed by atoms with van der Waals surface area (Å²) >= 11 is 0. The van der Waals surface area contributed by atoms with Gasteiger partial charge in [0.25, 0.3) is 0 Å². The summed E-state index contributed by atoms with van der Waals surface area (Å²) in [7, 11) is 5.56. The van der Waals surface area contributed by atoms with Gasteiger partial charge in [0, 0.05) is 33.9 Å². The molecule has 0 spiro atoms. The van der Waals surface area contributed by atoms with E-state index < -0.39 is 0 Å². The predicted octanol–water partition coefficient (Wildman–Crippen LogP) is 0.333. The van der Waals surface area contributed by atoms with E-state index in [4.69, 9.17) is 5.26 Å². The molecule has 0 saturated carbocycles. The lowest BCUT2D eigenvalue weighted by Gasteiger charge is -2.21. The molecule has 0 radical (unpaired) electrons. The molecule has 17 heavy (non-hydrogen) atoms. The van der Waals surface area contributed by atoms with Crippen molar-refractivity contribution in [1.82, 2.24) is 20.7 Å². The Morgan fingerprint density at radius 2 is 2.18 bits per heavy atom. The van der Waals surface area contributed by atoms with Gasteiger partial charge in [0.05, 0.1) is 6.34 Å². The number of allylic oxidation sites excluding steroid dienone is 1. The van der Waals surface area contributed by atoms with Crippen LogP contribution in [0, 0.1) is 11.3 Å². The Hall–Kier alpha value is -1.74. The zero-order valence-electron chi connectivity index (χ0n) is 11.2. The van der Waals surface area contributed by atoms with E-state index >= 15 is 0 Å². The Morgan fingerprint density at radius 3 is 2.65 bits per heavy atom. The van der Waals surface area contributed by atoms with Gasteiger partial charge in [0.2, 0.25) is 0 Å². The Kier molecular flexibility index (Phi) is 7.55. The molecule has 0 aromatic rings. The fourth-order valence-corrected chi connectivity index (χ4v) is 0.932. The lowest BCUT2D eigenvalue weighted by atomic mass is 10.4. The molecule has 2 N–H and O–H groups in total. The van der Waals surface area contributed by atoms with Gasteiger partial charge in [-0.3, -0.25) is 4.99 Å². The molecule has 6 heteroatoms. The summed E-state index contributed by atoms with van der Waals surface area (Å²) in [6.45, 7) is 4.94. The first-order valence-electron chi connectivity index (χ1n) is 5.55. The zero-order chi connectivity index (χ0) is 13.3. The van der Waals surface area contributed by atoms with Gasteiger partial charge in [-0.2, -0.15) is 5.26 Å². The second kappa shape index (κ2) is 8.42. The molecule has 0 aliphatic heterocycles. The first kappa shape index (κ1) is 15.3. The van der Waals surface area contributed by atoms with E-state index in [2.05, 4.69) is 22.8 Å². The average Bonchev–Trinajstić information content (AvgIpc) is 2.34. The molecule has 0 aliphatic rings. The second-order valence-electron chi connectivity index (χ2n) is 3.66. The van der Waals surface area contributed by atoms with Crippen molar-refractivity contribution in [3.8, 4) is 6.07 Å². The van der Waals surface area contributed by atoms with Crippen LogP contribution in [0.2, 0.25) is 0 Å². The molecule has 0 fully saturated rings. The molecule has 0 aliphatic carbocycles. The molecule has 6 nitrogen and oxygen atoms in total. The van der Waals surface area contributed by atoms with Crippen molar-refractivity contribution in [2.24, 2.45) is 4.99 Å². The van der Waals surface area contributed by atoms with Gasteiger partial charge in [-0.25, -0.2) is 5.43 Å². The molecule has 0 aromatic heterocycles. The quantitative estimate of drug-likeness (QED) is 0.290. The van der Waals surface area contributed by atoms with E-state index in [1.807, 2.05) is 36.9 Å². The lowest BCUT2D eigenvalue weighted by Crippen LogP contribution is -2.30. The van der Waals surface area contributed by atoms with Gasteiger partial charge in [0.1, 0.15) is 17.9 Å². The van der Waals surface area contributed by atoms with E-state index in [-0.39, 0.29) is 6.17 Å². The molecule has 96 valence electrons. The Balaban J connectivity index is 4.44. The standard InChI is InChI=1S/C11H22N6/c1-6-16(4)9-14-10(2)17(5)8-11(7-12)15-13-3/h8-10,13,15H,6H2,1-5H3/b11-8-,14-9?. The molecular weight excluding hydrogens is 216 g/mol. The molecule has 1 atom stereocenters. The van der Waals surface area contributed by atoms with Crippen LogP contribution >= 0.6 is 0 Å². The number of hydrazine groups is 1. The maximum atomic E-state index is 8.85. The highest BCUT2D eigenvalue weighted by Crippen LogP contribution is 1.99. The number of hydrogen-bond donors (Lipinski definition) is 2. The van der Waals surface area contributed by atoms with Crippen molar-refractivity contribution in [2.75, 3.05) is 27.7 Å². The van der Waals surface area contributed by atoms with Crippen molar-refractivity contribution in [3.05, 3.63) is 11.9 Å². The lowest BCUT2D eigenvalue weighted by molar-refractivity contribution is 0.356. The fourth-order valence-electron chi connectivity index (χ4n) is 0.932. The van der Waals surface area contributed by atoms with Crippen LogP contribution in [0.25, 0.3) is 0 Å². The van der Waals surface area contributed by atoms with E-state index in [0.29, 0.717) is 5.70 Å². The van der Waals surface area contributed by atoms with Crippen LogP contribution in [0.3, 0.4) is 0 Å². The Bertz CT molecular complexity index is 304. The molecule has 0 amide bonds. The minimum atomic E-state index is -0.0222. The van der Waals surface area contributed by atoms with Gasteiger partial charge >= 0.3 is 0 Å². The van der Waals surface area contributed by atoms with Crippen molar-refractivity contribution in [1.29, 1.82) is 5.26 Å². The molecule has 0 saturated heterocycles. The smallest absolute Gasteiger partial charge is 0.143 e. The second-order valence-corrected chi connectivity index (χ2v) is 3.66. The molecule has 0 aromatic carbocycles. The van der Waals surface area contributed by atoms with Crippen LogP contribution < -0.4 is 10.9 Å². The van der Waals surface area contributed by atoms with E-state index in [1.165, 1.54) is 0 Å². The minimum Gasteiger partial charge on any atom is -0.366 e. The van der Waals surface area contributed by atoms with E-state index in [1.54, 1.807) is 19.6 Å². The highest BCUT2D eigenvalue weighted by molar-refractivity contribution is 5.54. The summed E-state index contributed by atoms with van der Waals surface area (Å²) in [6, 6.07) is 2.05. The van der Waals surface area contributed by atoms with Crippen molar-refractivity contribution in [3.63, 3.8) is 0 Å². The van der Waals surface area contributed by atoms with Crippen LogP contribution in [-0.4, -0.2) is 50.0 Å². The summed E-state index contributed by atoms with van der Waals surface area (Å²) in [5.74, 6) is 0.